The summed E-state index contributed by atoms with van der Waals surface area (Å²) in [4.78, 5) is 1.13. The molecule has 0 fully saturated rings. The summed E-state index contributed by atoms with van der Waals surface area (Å²) in [5, 5.41) is 0. The van der Waals surface area contributed by atoms with Crippen molar-refractivity contribution in [2.45, 2.75) is 36.8 Å². The third-order valence-corrected chi connectivity index (χ3v) is 4.84. The molecule has 0 bridgehead atoms. The van der Waals surface area contributed by atoms with Crippen molar-refractivity contribution in [2.75, 3.05) is 5.73 Å². The molecule has 0 aliphatic carbocycles. The molecule has 0 saturated carbocycles. The second-order valence-electron chi connectivity index (χ2n) is 5.92. The Balaban J connectivity index is 2.04. The minimum atomic E-state index is 0.210. The number of nitrogens with two attached hydrogens (primary N) is 1. The van der Waals surface area contributed by atoms with E-state index in [1.165, 1.54) is 11.1 Å². The maximum absolute atomic E-state index is 6.02. The molecule has 0 aliphatic heterocycles. The number of benzene rings is 2. The highest BCUT2D eigenvalue weighted by atomic mass is 79.9. The quantitative estimate of drug-likeness (QED) is 0.574. The van der Waals surface area contributed by atoms with Crippen LogP contribution in [-0.4, -0.2) is 0 Å². The predicted octanol–water partition coefficient (Wildman–Crippen LogP) is 5.62. The Bertz CT molecular complexity index is 585. The summed E-state index contributed by atoms with van der Waals surface area (Å²) >= 11 is 5.21. The van der Waals surface area contributed by atoms with Gasteiger partial charge in [-0.3, -0.25) is 0 Å². The van der Waals surface area contributed by atoms with E-state index in [4.69, 9.17) is 5.73 Å². The number of hydrogen-bond donors (Lipinski definition) is 1. The normalized spacial score (nSPS) is 11.6. The third kappa shape index (κ3) is 4.03. The Morgan fingerprint density at radius 2 is 1.70 bits per heavy atom. The van der Waals surface area contributed by atoms with E-state index in [2.05, 4.69) is 67.0 Å². The SMILES string of the molecule is CC(C)(C)c1ccc(CSc2ccc(Br)cc2N)cc1. The molecule has 3 heteroatoms. The summed E-state index contributed by atoms with van der Waals surface area (Å²) in [6, 6.07) is 14.9. The average molecular weight is 350 g/mol. The van der Waals surface area contributed by atoms with Crippen LogP contribution in [0.25, 0.3) is 0 Å². The molecule has 106 valence electrons. The van der Waals surface area contributed by atoms with Gasteiger partial charge in [0.25, 0.3) is 0 Å². The number of hydrogen-bond acceptors (Lipinski definition) is 2. The van der Waals surface area contributed by atoms with Gasteiger partial charge in [-0.15, -0.1) is 11.8 Å². The minimum absolute atomic E-state index is 0.210. The summed E-state index contributed by atoms with van der Waals surface area (Å²) in [6.45, 7) is 6.71. The molecule has 1 nitrogen and oxygen atoms in total. The van der Waals surface area contributed by atoms with E-state index in [0.717, 1.165) is 20.8 Å². The smallest absolute Gasteiger partial charge is 0.0463 e. The van der Waals surface area contributed by atoms with E-state index in [1.807, 2.05) is 12.1 Å². The number of thioether (sulfide) groups is 1. The van der Waals surface area contributed by atoms with E-state index in [0.29, 0.717) is 0 Å². The Morgan fingerprint density at radius 1 is 1.05 bits per heavy atom. The zero-order valence-electron chi connectivity index (χ0n) is 12.1. The fraction of sp³-hybridized carbons (Fsp3) is 0.294. The number of anilines is 1. The first-order chi connectivity index (χ1) is 9.36. The summed E-state index contributed by atoms with van der Waals surface area (Å²) in [5.74, 6) is 0.941. The maximum atomic E-state index is 6.02. The molecule has 0 aliphatic rings. The molecule has 20 heavy (non-hydrogen) atoms. The Morgan fingerprint density at radius 3 is 2.25 bits per heavy atom. The van der Waals surface area contributed by atoms with Gasteiger partial charge in [0.1, 0.15) is 0 Å². The van der Waals surface area contributed by atoms with Crippen molar-refractivity contribution in [1.82, 2.24) is 0 Å². The van der Waals surface area contributed by atoms with Crippen molar-refractivity contribution in [3.05, 3.63) is 58.1 Å². The lowest BCUT2D eigenvalue weighted by Crippen LogP contribution is -2.10. The van der Waals surface area contributed by atoms with Crippen LogP contribution in [0.3, 0.4) is 0 Å². The molecule has 0 unspecified atom stereocenters. The fourth-order valence-electron chi connectivity index (χ4n) is 1.91. The van der Waals surface area contributed by atoms with Gasteiger partial charge in [0.2, 0.25) is 0 Å². The molecule has 2 rings (SSSR count). The van der Waals surface area contributed by atoms with Gasteiger partial charge < -0.3 is 5.73 Å². The lowest BCUT2D eigenvalue weighted by molar-refractivity contribution is 0.590. The van der Waals surface area contributed by atoms with Crippen molar-refractivity contribution in [3.8, 4) is 0 Å². The molecular formula is C17H20BrNS. The standard InChI is InChI=1S/C17H20BrNS/c1-17(2,3)13-6-4-12(5-7-13)11-20-16-9-8-14(18)10-15(16)19/h4-10H,11,19H2,1-3H3. The van der Waals surface area contributed by atoms with Crippen LogP contribution in [0.2, 0.25) is 0 Å². The van der Waals surface area contributed by atoms with Gasteiger partial charge in [-0.05, 0) is 34.7 Å². The molecule has 0 saturated heterocycles. The summed E-state index contributed by atoms with van der Waals surface area (Å²) in [5.41, 5.74) is 9.75. The second-order valence-corrected chi connectivity index (χ2v) is 7.85. The van der Waals surface area contributed by atoms with Crippen LogP contribution in [0.15, 0.2) is 51.8 Å². The van der Waals surface area contributed by atoms with Crippen LogP contribution in [0.1, 0.15) is 31.9 Å². The van der Waals surface area contributed by atoms with Crippen molar-refractivity contribution >= 4 is 33.4 Å². The van der Waals surface area contributed by atoms with E-state index in [-0.39, 0.29) is 5.41 Å². The number of rotatable bonds is 3. The fourth-order valence-corrected chi connectivity index (χ4v) is 3.20. The van der Waals surface area contributed by atoms with Gasteiger partial charge in [0, 0.05) is 20.8 Å². The average Bonchev–Trinajstić information content (AvgIpc) is 2.37. The topological polar surface area (TPSA) is 26.0 Å². The van der Waals surface area contributed by atoms with Crippen LogP contribution in [0, 0.1) is 0 Å². The molecule has 0 atom stereocenters. The lowest BCUT2D eigenvalue weighted by atomic mass is 9.87. The van der Waals surface area contributed by atoms with E-state index >= 15 is 0 Å². The molecule has 2 N–H and O–H groups in total. The minimum Gasteiger partial charge on any atom is -0.398 e. The molecular weight excluding hydrogens is 330 g/mol. The van der Waals surface area contributed by atoms with Crippen molar-refractivity contribution in [1.29, 1.82) is 0 Å². The Hall–Kier alpha value is -0.930. The molecule has 2 aromatic rings. The first-order valence-corrected chi connectivity index (χ1v) is 8.41. The molecule has 0 heterocycles. The van der Waals surface area contributed by atoms with Crippen LogP contribution in [0.4, 0.5) is 5.69 Å². The van der Waals surface area contributed by atoms with Crippen LogP contribution in [0.5, 0.6) is 0 Å². The number of halogens is 1. The first kappa shape index (κ1) is 15.5. The van der Waals surface area contributed by atoms with Gasteiger partial charge in [-0.25, -0.2) is 0 Å². The highest BCUT2D eigenvalue weighted by molar-refractivity contribution is 9.10. The van der Waals surface area contributed by atoms with Crippen molar-refractivity contribution < 1.29 is 0 Å². The first-order valence-electron chi connectivity index (χ1n) is 6.63. The summed E-state index contributed by atoms with van der Waals surface area (Å²) in [6.07, 6.45) is 0. The zero-order valence-corrected chi connectivity index (χ0v) is 14.5. The van der Waals surface area contributed by atoms with Crippen LogP contribution >= 0.6 is 27.7 Å². The molecule has 0 radical (unpaired) electrons. The highest BCUT2D eigenvalue weighted by Gasteiger charge is 2.12. The van der Waals surface area contributed by atoms with Gasteiger partial charge in [0.15, 0.2) is 0 Å². The van der Waals surface area contributed by atoms with Gasteiger partial charge in [0.05, 0.1) is 0 Å². The Labute approximate surface area is 134 Å². The van der Waals surface area contributed by atoms with Gasteiger partial charge in [-0.2, -0.15) is 0 Å². The lowest BCUT2D eigenvalue weighted by Gasteiger charge is -2.19. The highest BCUT2D eigenvalue weighted by Crippen LogP contribution is 2.31. The monoisotopic (exact) mass is 349 g/mol. The van der Waals surface area contributed by atoms with Gasteiger partial charge in [-0.1, -0.05) is 61.0 Å². The molecule has 2 aromatic carbocycles. The molecule has 0 aromatic heterocycles. The maximum Gasteiger partial charge on any atom is 0.0463 e. The zero-order chi connectivity index (χ0) is 14.8. The van der Waals surface area contributed by atoms with Gasteiger partial charge >= 0.3 is 0 Å². The third-order valence-electron chi connectivity index (χ3n) is 3.19. The molecule has 0 amide bonds. The van der Waals surface area contributed by atoms with Crippen molar-refractivity contribution in [2.24, 2.45) is 0 Å². The van der Waals surface area contributed by atoms with E-state index in [1.54, 1.807) is 11.8 Å². The van der Waals surface area contributed by atoms with Crippen LogP contribution < -0.4 is 5.73 Å². The summed E-state index contributed by atoms with van der Waals surface area (Å²) < 4.78 is 1.02. The second kappa shape index (κ2) is 6.23. The number of nitrogen functional groups attached to an aromatic ring is 1. The summed E-state index contributed by atoms with van der Waals surface area (Å²) in [7, 11) is 0. The van der Waals surface area contributed by atoms with E-state index in [9.17, 15) is 0 Å². The largest absolute Gasteiger partial charge is 0.398 e. The predicted molar refractivity (Wildman–Crippen MR) is 93.3 cm³/mol. The van der Waals surface area contributed by atoms with E-state index < -0.39 is 0 Å². The molecule has 0 spiro atoms. The van der Waals surface area contributed by atoms with Crippen molar-refractivity contribution in [3.63, 3.8) is 0 Å². The van der Waals surface area contributed by atoms with Crippen LogP contribution in [-0.2, 0) is 11.2 Å². The Kier molecular flexibility index (Phi) is 4.82.